The fourth-order valence-electron chi connectivity index (χ4n) is 3.48. The number of piperazine rings is 1. The van der Waals surface area contributed by atoms with Gasteiger partial charge in [0, 0.05) is 42.9 Å². The van der Waals surface area contributed by atoms with Crippen molar-refractivity contribution in [3.8, 4) is 0 Å². The van der Waals surface area contributed by atoms with Gasteiger partial charge >= 0.3 is 0 Å². The summed E-state index contributed by atoms with van der Waals surface area (Å²) in [6, 6.07) is 8.47. The topological polar surface area (TPSA) is 26.7 Å². The molecule has 1 saturated carbocycles. The zero-order valence-corrected chi connectivity index (χ0v) is 12.6. The van der Waals surface area contributed by atoms with Gasteiger partial charge in [-0.15, -0.1) is 0 Å². The Bertz CT molecular complexity index is 429. The van der Waals surface area contributed by atoms with E-state index in [2.05, 4.69) is 21.9 Å². The molecule has 3 rings (SSSR count). The van der Waals surface area contributed by atoms with Crippen LogP contribution in [0.15, 0.2) is 24.3 Å². The van der Waals surface area contributed by atoms with Crippen molar-refractivity contribution in [2.75, 3.05) is 31.1 Å². The highest BCUT2D eigenvalue weighted by Gasteiger charge is 2.30. The van der Waals surface area contributed by atoms with Crippen LogP contribution < -0.4 is 4.90 Å². The third-order valence-electron chi connectivity index (χ3n) is 4.67. The Kier molecular flexibility index (Phi) is 4.49. The number of anilines is 1. The molecule has 1 aromatic rings. The van der Waals surface area contributed by atoms with Crippen molar-refractivity contribution in [3.63, 3.8) is 0 Å². The Balaban J connectivity index is 1.57. The summed E-state index contributed by atoms with van der Waals surface area (Å²) in [7, 11) is 0. The number of benzene rings is 1. The van der Waals surface area contributed by atoms with E-state index in [1.165, 1.54) is 18.5 Å². The largest absolute Gasteiger partial charge is 0.391 e. The lowest BCUT2D eigenvalue weighted by Gasteiger charge is -2.43. The number of aliphatic hydroxyl groups excluding tert-OH is 1. The van der Waals surface area contributed by atoms with E-state index >= 15 is 0 Å². The first-order valence-corrected chi connectivity index (χ1v) is 8.04. The Morgan fingerprint density at radius 1 is 0.950 bits per heavy atom. The molecule has 1 saturated heterocycles. The molecule has 1 heterocycles. The van der Waals surface area contributed by atoms with Crippen molar-refractivity contribution < 1.29 is 5.11 Å². The summed E-state index contributed by atoms with van der Waals surface area (Å²) < 4.78 is 0. The summed E-state index contributed by atoms with van der Waals surface area (Å²) in [4.78, 5) is 4.89. The van der Waals surface area contributed by atoms with Gasteiger partial charge in [0.2, 0.25) is 0 Å². The standard InChI is InChI=1S/C16H23ClN2O/c17-13-5-7-14(8-6-13)18-9-11-19(12-10-18)15-3-1-2-4-16(15)20/h5-8,15-16,20H,1-4,9-12H2/t15-,16-/m1/s1. The maximum absolute atomic E-state index is 10.2. The molecular formula is C16H23ClN2O. The number of hydrogen-bond acceptors (Lipinski definition) is 3. The predicted molar refractivity (Wildman–Crippen MR) is 83.5 cm³/mol. The molecule has 0 unspecified atom stereocenters. The van der Waals surface area contributed by atoms with Gasteiger partial charge in [-0.25, -0.2) is 0 Å². The molecule has 0 bridgehead atoms. The highest BCUT2D eigenvalue weighted by Crippen LogP contribution is 2.25. The van der Waals surface area contributed by atoms with Crippen LogP contribution in [0.1, 0.15) is 25.7 Å². The van der Waals surface area contributed by atoms with Gasteiger partial charge in [0.1, 0.15) is 0 Å². The molecule has 0 radical (unpaired) electrons. The van der Waals surface area contributed by atoms with Gasteiger partial charge in [-0.3, -0.25) is 4.90 Å². The van der Waals surface area contributed by atoms with Crippen molar-refractivity contribution in [3.05, 3.63) is 29.3 Å². The molecule has 2 atom stereocenters. The second-order valence-electron chi connectivity index (χ2n) is 5.92. The average molecular weight is 295 g/mol. The maximum atomic E-state index is 10.2. The second-order valence-corrected chi connectivity index (χ2v) is 6.36. The van der Waals surface area contributed by atoms with E-state index in [1.54, 1.807) is 0 Å². The third-order valence-corrected chi connectivity index (χ3v) is 4.92. The van der Waals surface area contributed by atoms with Crippen molar-refractivity contribution >= 4 is 17.3 Å². The van der Waals surface area contributed by atoms with Gasteiger partial charge < -0.3 is 10.0 Å². The van der Waals surface area contributed by atoms with Gasteiger partial charge in [-0.2, -0.15) is 0 Å². The summed E-state index contributed by atoms with van der Waals surface area (Å²) in [6.07, 6.45) is 4.46. The van der Waals surface area contributed by atoms with Gasteiger partial charge in [0.05, 0.1) is 6.10 Å². The van der Waals surface area contributed by atoms with Crippen molar-refractivity contribution in [1.29, 1.82) is 0 Å². The quantitative estimate of drug-likeness (QED) is 0.908. The highest BCUT2D eigenvalue weighted by molar-refractivity contribution is 6.30. The van der Waals surface area contributed by atoms with E-state index in [9.17, 15) is 5.11 Å². The van der Waals surface area contributed by atoms with Gasteiger partial charge in [0.25, 0.3) is 0 Å². The molecule has 20 heavy (non-hydrogen) atoms. The number of halogens is 1. The predicted octanol–water partition coefficient (Wildman–Crippen LogP) is 2.77. The van der Waals surface area contributed by atoms with Gasteiger partial charge in [-0.1, -0.05) is 24.4 Å². The van der Waals surface area contributed by atoms with E-state index in [0.717, 1.165) is 44.0 Å². The van der Waals surface area contributed by atoms with Crippen molar-refractivity contribution in [2.45, 2.75) is 37.8 Å². The van der Waals surface area contributed by atoms with E-state index in [-0.39, 0.29) is 6.10 Å². The minimum absolute atomic E-state index is 0.120. The summed E-state index contributed by atoms with van der Waals surface area (Å²) >= 11 is 5.94. The molecule has 4 heteroatoms. The molecular weight excluding hydrogens is 272 g/mol. The molecule has 1 N–H and O–H groups in total. The van der Waals surface area contributed by atoms with Crippen LogP contribution in [-0.2, 0) is 0 Å². The minimum Gasteiger partial charge on any atom is -0.391 e. The summed E-state index contributed by atoms with van der Waals surface area (Å²) in [5, 5.41) is 11.0. The summed E-state index contributed by atoms with van der Waals surface area (Å²) in [6.45, 7) is 4.16. The lowest BCUT2D eigenvalue weighted by Crippen LogP contribution is -2.54. The van der Waals surface area contributed by atoms with Crippen LogP contribution in [0.25, 0.3) is 0 Å². The van der Waals surface area contributed by atoms with Crippen LogP contribution in [0, 0.1) is 0 Å². The molecule has 1 aromatic carbocycles. The molecule has 110 valence electrons. The SMILES string of the molecule is O[C@@H]1CCCC[C@H]1N1CCN(c2ccc(Cl)cc2)CC1. The first-order valence-electron chi connectivity index (χ1n) is 7.67. The van der Waals surface area contributed by atoms with E-state index in [1.807, 2.05) is 12.1 Å². The monoisotopic (exact) mass is 294 g/mol. The number of aliphatic hydroxyl groups is 1. The molecule has 2 fully saturated rings. The van der Waals surface area contributed by atoms with Gasteiger partial charge in [0.15, 0.2) is 0 Å². The Morgan fingerprint density at radius 2 is 1.60 bits per heavy atom. The third kappa shape index (κ3) is 3.11. The normalized spacial score (nSPS) is 28.6. The lowest BCUT2D eigenvalue weighted by molar-refractivity contribution is 0.0173. The molecule has 0 aromatic heterocycles. The number of nitrogens with zero attached hydrogens (tertiary/aromatic N) is 2. The Morgan fingerprint density at radius 3 is 2.25 bits per heavy atom. The molecule has 1 aliphatic heterocycles. The van der Waals surface area contributed by atoms with Crippen LogP contribution in [0.4, 0.5) is 5.69 Å². The summed E-state index contributed by atoms with van der Waals surface area (Å²) in [5.74, 6) is 0. The first-order chi connectivity index (χ1) is 9.74. The fourth-order valence-corrected chi connectivity index (χ4v) is 3.61. The number of hydrogen-bond donors (Lipinski definition) is 1. The zero-order chi connectivity index (χ0) is 13.9. The molecule has 2 aliphatic rings. The van der Waals surface area contributed by atoms with Crippen LogP contribution in [-0.4, -0.2) is 48.3 Å². The Hall–Kier alpha value is -0.770. The van der Waals surface area contributed by atoms with Crippen LogP contribution in [0.3, 0.4) is 0 Å². The zero-order valence-electron chi connectivity index (χ0n) is 11.8. The first kappa shape index (κ1) is 14.2. The Labute approximate surface area is 126 Å². The van der Waals surface area contributed by atoms with E-state index in [4.69, 9.17) is 11.6 Å². The number of rotatable bonds is 2. The lowest BCUT2D eigenvalue weighted by atomic mass is 9.91. The van der Waals surface area contributed by atoms with Crippen molar-refractivity contribution in [2.24, 2.45) is 0 Å². The van der Waals surface area contributed by atoms with E-state index < -0.39 is 0 Å². The molecule has 0 spiro atoms. The maximum Gasteiger partial charge on any atom is 0.0695 e. The second kappa shape index (κ2) is 6.33. The smallest absolute Gasteiger partial charge is 0.0695 e. The fraction of sp³-hybridized carbons (Fsp3) is 0.625. The molecule has 1 aliphatic carbocycles. The summed E-state index contributed by atoms with van der Waals surface area (Å²) in [5.41, 5.74) is 1.25. The van der Waals surface area contributed by atoms with Crippen LogP contribution >= 0.6 is 11.6 Å². The molecule has 0 amide bonds. The molecule has 3 nitrogen and oxygen atoms in total. The van der Waals surface area contributed by atoms with Crippen molar-refractivity contribution in [1.82, 2.24) is 4.90 Å². The van der Waals surface area contributed by atoms with Crippen LogP contribution in [0.2, 0.25) is 5.02 Å². The van der Waals surface area contributed by atoms with Crippen LogP contribution in [0.5, 0.6) is 0 Å². The van der Waals surface area contributed by atoms with E-state index in [0.29, 0.717) is 6.04 Å². The van der Waals surface area contributed by atoms with Gasteiger partial charge in [-0.05, 0) is 37.1 Å². The highest BCUT2D eigenvalue weighted by atomic mass is 35.5. The minimum atomic E-state index is -0.120. The average Bonchev–Trinajstić information content (AvgIpc) is 2.49.